The van der Waals surface area contributed by atoms with Crippen LogP contribution in [0.4, 0.5) is 0 Å². The lowest BCUT2D eigenvalue weighted by molar-refractivity contribution is 0.0445. The Morgan fingerprint density at radius 2 is 2.07 bits per heavy atom. The smallest absolute Gasteiger partial charge is 0.0471 e. The summed E-state index contributed by atoms with van der Waals surface area (Å²) in [6.07, 6.45) is 5.30. The first kappa shape index (κ1) is 11.4. The summed E-state index contributed by atoms with van der Waals surface area (Å²) in [6, 6.07) is 0. The number of hydrogen-bond acceptors (Lipinski definition) is 2. The minimum absolute atomic E-state index is 0.593. The van der Waals surface area contributed by atoms with Crippen LogP contribution in [0.2, 0.25) is 0 Å². The lowest BCUT2D eigenvalue weighted by atomic mass is 9.62. The molecule has 1 N–H and O–H groups in total. The fraction of sp³-hybridized carbons (Fsp3) is 1.00. The largest absolute Gasteiger partial charge is 0.381 e. The average Bonchev–Trinajstić information content (AvgIpc) is 2.45. The Bertz CT molecular complexity index is 195. The predicted octanol–water partition coefficient (Wildman–Crippen LogP) is 2.44. The molecule has 0 aromatic heterocycles. The molecule has 2 heteroatoms. The minimum atomic E-state index is 0.593. The molecule has 1 spiro atoms. The quantitative estimate of drug-likeness (QED) is 0.719. The Kier molecular flexibility index (Phi) is 3.68. The molecule has 2 saturated heterocycles. The maximum absolute atomic E-state index is 5.63. The monoisotopic (exact) mass is 211 g/mol. The van der Waals surface area contributed by atoms with Gasteiger partial charge in [0.25, 0.3) is 0 Å². The summed E-state index contributed by atoms with van der Waals surface area (Å²) in [7, 11) is 0. The molecule has 2 atom stereocenters. The molecule has 88 valence electrons. The van der Waals surface area contributed by atoms with Crippen LogP contribution in [-0.4, -0.2) is 26.3 Å². The zero-order chi connectivity index (χ0) is 10.7. The van der Waals surface area contributed by atoms with E-state index in [-0.39, 0.29) is 0 Å². The van der Waals surface area contributed by atoms with E-state index in [0.29, 0.717) is 5.41 Å². The molecule has 0 aromatic carbocycles. The van der Waals surface area contributed by atoms with Crippen LogP contribution in [0.3, 0.4) is 0 Å². The van der Waals surface area contributed by atoms with Gasteiger partial charge in [-0.3, -0.25) is 0 Å². The number of piperidine rings is 1. The summed E-state index contributed by atoms with van der Waals surface area (Å²) >= 11 is 0. The maximum Gasteiger partial charge on any atom is 0.0471 e. The molecule has 0 radical (unpaired) electrons. The third-order valence-electron chi connectivity index (χ3n) is 4.46. The van der Waals surface area contributed by atoms with E-state index in [0.717, 1.165) is 25.0 Å². The highest BCUT2D eigenvalue weighted by Gasteiger charge is 2.41. The van der Waals surface area contributed by atoms with Gasteiger partial charge < -0.3 is 10.1 Å². The molecule has 2 fully saturated rings. The van der Waals surface area contributed by atoms with Gasteiger partial charge in [0.2, 0.25) is 0 Å². The topological polar surface area (TPSA) is 21.3 Å². The zero-order valence-corrected chi connectivity index (χ0v) is 10.2. The molecular weight excluding hydrogens is 186 g/mol. The molecular formula is C13H25NO. The highest BCUT2D eigenvalue weighted by molar-refractivity contribution is 4.93. The van der Waals surface area contributed by atoms with Crippen LogP contribution in [0.1, 0.15) is 39.5 Å². The van der Waals surface area contributed by atoms with Crippen molar-refractivity contribution >= 4 is 0 Å². The van der Waals surface area contributed by atoms with Crippen molar-refractivity contribution < 1.29 is 4.74 Å². The van der Waals surface area contributed by atoms with Gasteiger partial charge in [-0.25, -0.2) is 0 Å². The lowest BCUT2D eigenvalue weighted by Gasteiger charge is -2.46. The van der Waals surface area contributed by atoms with Gasteiger partial charge in [-0.15, -0.1) is 0 Å². The van der Waals surface area contributed by atoms with Crippen molar-refractivity contribution in [1.82, 2.24) is 5.32 Å². The first-order valence-electron chi connectivity index (χ1n) is 6.53. The van der Waals surface area contributed by atoms with E-state index in [4.69, 9.17) is 4.74 Å². The SMILES string of the molecule is CC(C)C1CNCCC12CCCOCC2. The zero-order valence-electron chi connectivity index (χ0n) is 10.2. The van der Waals surface area contributed by atoms with Crippen molar-refractivity contribution in [2.45, 2.75) is 39.5 Å². The summed E-state index contributed by atoms with van der Waals surface area (Å²) in [6.45, 7) is 9.17. The van der Waals surface area contributed by atoms with E-state index in [2.05, 4.69) is 19.2 Å². The Morgan fingerprint density at radius 1 is 1.20 bits per heavy atom. The predicted molar refractivity (Wildman–Crippen MR) is 62.9 cm³/mol. The second kappa shape index (κ2) is 4.84. The van der Waals surface area contributed by atoms with E-state index in [9.17, 15) is 0 Å². The molecule has 0 saturated carbocycles. The first-order valence-corrected chi connectivity index (χ1v) is 6.53. The summed E-state index contributed by atoms with van der Waals surface area (Å²) in [5, 5.41) is 3.57. The van der Waals surface area contributed by atoms with Gasteiger partial charge in [0.05, 0.1) is 0 Å². The van der Waals surface area contributed by atoms with Gasteiger partial charge >= 0.3 is 0 Å². The first-order chi connectivity index (χ1) is 7.25. The molecule has 15 heavy (non-hydrogen) atoms. The van der Waals surface area contributed by atoms with Gasteiger partial charge in [-0.1, -0.05) is 13.8 Å². The van der Waals surface area contributed by atoms with Crippen molar-refractivity contribution in [3.05, 3.63) is 0 Å². The Morgan fingerprint density at radius 3 is 2.87 bits per heavy atom. The van der Waals surface area contributed by atoms with Crippen LogP contribution in [0, 0.1) is 17.3 Å². The van der Waals surface area contributed by atoms with Crippen molar-refractivity contribution in [2.24, 2.45) is 17.3 Å². The van der Waals surface area contributed by atoms with Crippen LogP contribution in [0.5, 0.6) is 0 Å². The number of nitrogens with one attached hydrogen (secondary N) is 1. The fourth-order valence-electron chi connectivity index (χ4n) is 3.59. The van der Waals surface area contributed by atoms with Gasteiger partial charge in [0, 0.05) is 13.2 Å². The number of rotatable bonds is 1. The average molecular weight is 211 g/mol. The van der Waals surface area contributed by atoms with Crippen molar-refractivity contribution in [2.75, 3.05) is 26.3 Å². The van der Waals surface area contributed by atoms with E-state index in [1.807, 2.05) is 0 Å². The van der Waals surface area contributed by atoms with Crippen LogP contribution in [0.25, 0.3) is 0 Å². The second-order valence-electron chi connectivity index (χ2n) is 5.63. The number of hydrogen-bond donors (Lipinski definition) is 1. The minimum Gasteiger partial charge on any atom is -0.381 e. The van der Waals surface area contributed by atoms with Crippen molar-refractivity contribution in [3.8, 4) is 0 Å². The van der Waals surface area contributed by atoms with Crippen LogP contribution >= 0.6 is 0 Å². The van der Waals surface area contributed by atoms with Crippen molar-refractivity contribution in [3.63, 3.8) is 0 Å². The molecule has 2 rings (SSSR count). The summed E-state index contributed by atoms with van der Waals surface area (Å²) in [5.41, 5.74) is 0.593. The third kappa shape index (κ3) is 2.36. The number of ether oxygens (including phenoxy) is 1. The van der Waals surface area contributed by atoms with Gasteiger partial charge in [-0.2, -0.15) is 0 Å². The van der Waals surface area contributed by atoms with Gasteiger partial charge in [0.15, 0.2) is 0 Å². The molecule has 0 amide bonds. The van der Waals surface area contributed by atoms with Gasteiger partial charge in [0.1, 0.15) is 0 Å². The highest BCUT2D eigenvalue weighted by Crippen LogP contribution is 2.46. The molecule has 2 unspecified atom stereocenters. The van der Waals surface area contributed by atoms with Crippen LogP contribution in [-0.2, 0) is 4.74 Å². The summed E-state index contributed by atoms with van der Waals surface area (Å²) in [4.78, 5) is 0. The molecule has 0 aliphatic carbocycles. The summed E-state index contributed by atoms with van der Waals surface area (Å²) in [5.74, 6) is 1.66. The van der Waals surface area contributed by atoms with E-state index in [1.54, 1.807) is 0 Å². The Balaban J connectivity index is 2.12. The molecule has 2 aliphatic rings. The standard InChI is InChI=1S/C13H25NO/c1-11(2)12-10-14-7-5-13(12)4-3-8-15-9-6-13/h11-12,14H,3-10H2,1-2H3. The van der Waals surface area contributed by atoms with E-state index in [1.165, 1.54) is 38.8 Å². The Labute approximate surface area is 93.8 Å². The van der Waals surface area contributed by atoms with Gasteiger partial charge in [-0.05, 0) is 56.0 Å². The summed E-state index contributed by atoms with van der Waals surface area (Å²) < 4.78 is 5.63. The van der Waals surface area contributed by atoms with E-state index < -0.39 is 0 Å². The fourth-order valence-corrected chi connectivity index (χ4v) is 3.59. The second-order valence-corrected chi connectivity index (χ2v) is 5.63. The lowest BCUT2D eigenvalue weighted by Crippen LogP contribution is -2.47. The maximum atomic E-state index is 5.63. The molecule has 2 nitrogen and oxygen atoms in total. The molecule has 2 aliphatic heterocycles. The van der Waals surface area contributed by atoms with E-state index >= 15 is 0 Å². The molecule has 2 heterocycles. The van der Waals surface area contributed by atoms with Crippen LogP contribution in [0.15, 0.2) is 0 Å². The molecule has 0 aromatic rings. The highest BCUT2D eigenvalue weighted by atomic mass is 16.5. The Hall–Kier alpha value is -0.0800. The molecule has 0 bridgehead atoms. The van der Waals surface area contributed by atoms with Crippen LogP contribution < -0.4 is 5.32 Å². The van der Waals surface area contributed by atoms with Crippen molar-refractivity contribution in [1.29, 1.82) is 0 Å². The normalized spacial score (nSPS) is 38.2. The third-order valence-corrected chi connectivity index (χ3v) is 4.46.